The topological polar surface area (TPSA) is 89.8 Å². The third kappa shape index (κ3) is 3.48. The highest BCUT2D eigenvalue weighted by atomic mass is 32.2. The number of aromatic nitrogens is 4. The van der Waals surface area contributed by atoms with E-state index < -0.39 is 4.75 Å². The minimum atomic E-state index is -0.628. The molecule has 136 valence electrons. The standard InChI is InChI=1S/C19H17N5O2S/c1-13(25)24-16(15-9-5-6-12-20-15)22-23-18(24)27-19(10-11-19)17(26)21-14-7-3-2-4-8-14/h2-9,12H,10-11H2,1H3,(H,21,26). The molecule has 2 aromatic heterocycles. The Kier molecular flexibility index (Phi) is 4.49. The highest BCUT2D eigenvalue weighted by Crippen LogP contribution is 2.52. The smallest absolute Gasteiger partial charge is 0.241 e. The first-order valence-electron chi connectivity index (χ1n) is 8.52. The van der Waals surface area contributed by atoms with Crippen LogP contribution in [-0.2, 0) is 4.79 Å². The van der Waals surface area contributed by atoms with Gasteiger partial charge in [-0.3, -0.25) is 14.6 Å². The fourth-order valence-electron chi connectivity index (χ4n) is 2.71. The minimum absolute atomic E-state index is 0.0869. The number of nitrogens with zero attached hydrogens (tertiary/aromatic N) is 4. The first kappa shape index (κ1) is 17.4. The Bertz CT molecular complexity index is 984. The lowest BCUT2D eigenvalue weighted by atomic mass is 10.3. The molecule has 1 saturated carbocycles. The fourth-order valence-corrected chi connectivity index (χ4v) is 3.90. The Morgan fingerprint density at radius 3 is 2.44 bits per heavy atom. The Labute approximate surface area is 160 Å². The van der Waals surface area contributed by atoms with Crippen molar-refractivity contribution in [3.8, 4) is 11.5 Å². The van der Waals surface area contributed by atoms with E-state index in [1.807, 2.05) is 36.4 Å². The van der Waals surface area contributed by atoms with Crippen molar-refractivity contribution >= 4 is 29.3 Å². The van der Waals surface area contributed by atoms with E-state index in [-0.39, 0.29) is 11.8 Å². The minimum Gasteiger partial charge on any atom is -0.325 e. The van der Waals surface area contributed by atoms with E-state index in [2.05, 4.69) is 20.5 Å². The summed E-state index contributed by atoms with van der Waals surface area (Å²) in [5.74, 6) is 0.0727. The molecular formula is C19H17N5O2S. The summed E-state index contributed by atoms with van der Waals surface area (Å²) in [5.41, 5.74) is 1.31. The monoisotopic (exact) mass is 379 g/mol. The number of amides is 1. The Balaban J connectivity index is 1.60. The second-order valence-corrected chi connectivity index (χ2v) is 7.64. The summed E-state index contributed by atoms with van der Waals surface area (Å²) in [7, 11) is 0. The van der Waals surface area contributed by atoms with Crippen LogP contribution in [0.1, 0.15) is 24.6 Å². The number of hydrogen-bond donors (Lipinski definition) is 1. The van der Waals surface area contributed by atoms with Crippen LogP contribution in [0.4, 0.5) is 5.69 Å². The molecule has 1 aliphatic rings. The Morgan fingerprint density at radius 2 is 1.81 bits per heavy atom. The average molecular weight is 379 g/mol. The van der Waals surface area contributed by atoms with Gasteiger partial charge in [-0.25, -0.2) is 4.57 Å². The van der Waals surface area contributed by atoms with Gasteiger partial charge in [-0.2, -0.15) is 0 Å². The Hall–Kier alpha value is -3.00. The molecular weight excluding hydrogens is 362 g/mol. The molecule has 0 atom stereocenters. The van der Waals surface area contributed by atoms with Gasteiger partial charge in [-0.05, 0) is 37.1 Å². The molecule has 4 rings (SSSR count). The number of pyridine rings is 1. The largest absolute Gasteiger partial charge is 0.325 e. The highest BCUT2D eigenvalue weighted by Gasteiger charge is 2.52. The number of carbonyl (C=O) groups excluding carboxylic acids is 2. The first-order chi connectivity index (χ1) is 13.1. The van der Waals surface area contributed by atoms with Crippen LogP contribution in [-0.4, -0.2) is 36.3 Å². The lowest BCUT2D eigenvalue weighted by molar-refractivity contribution is -0.116. The van der Waals surface area contributed by atoms with Crippen molar-refractivity contribution in [2.24, 2.45) is 0 Å². The lowest BCUT2D eigenvalue weighted by Crippen LogP contribution is -2.27. The molecule has 2 heterocycles. The normalized spacial score (nSPS) is 14.6. The summed E-state index contributed by atoms with van der Waals surface area (Å²) < 4.78 is 0.792. The van der Waals surface area contributed by atoms with Crippen molar-refractivity contribution in [3.05, 3.63) is 54.7 Å². The number of nitrogens with one attached hydrogen (secondary N) is 1. The van der Waals surface area contributed by atoms with Crippen LogP contribution >= 0.6 is 11.8 Å². The number of carbonyl (C=O) groups is 2. The van der Waals surface area contributed by atoms with Crippen LogP contribution < -0.4 is 5.32 Å². The van der Waals surface area contributed by atoms with Gasteiger partial charge < -0.3 is 5.32 Å². The predicted octanol–water partition coefficient (Wildman–Crippen LogP) is 3.26. The van der Waals surface area contributed by atoms with Crippen molar-refractivity contribution in [2.75, 3.05) is 5.32 Å². The van der Waals surface area contributed by atoms with Crippen LogP contribution in [0.2, 0.25) is 0 Å². The van der Waals surface area contributed by atoms with Gasteiger partial charge in [0, 0.05) is 18.8 Å². The SMILES string of the molecule is CC(=O)n1c(SC2(C(=O)Nc3ccccc3)CC2)nnc1-c1ccccn1. The number of rotatable bonds is 5. The maximum atomic E-state index is 12.8. The molecule has 0 aliphatic heterocycles. The Morgan fingerprint density at radius 1 is 1.07 bits per heavy atom. The number of anilines is 1. The zero-order chi connectivity index (χ0) is 18.9. The van der Waals surface area contributed by atoms with E-state index in [4.69, 9.17) is 0 Å². The van der Waals surface area contributed by atoms with Gasteiger partial charge in [-0.1, -0.05) is 36.0 Å². The quantitative estimate of drug-likeness (QED) is 0.732. The molecule has 8 heteroatoms. The number of thioether (sulfide) groups is 1. The molecule has 0 unspecified atom stereocenters. The van der Waals surface area contributed by atoms with Crippen LogP contribution in [0.25, 0.3) is 11.5 Å². The lowest BCUT2D eigenvalue weighted by Gasteiger charge is -2.14. The highest BCUT2D eigenvalue weighted by molar-refractivity contribution is 8.01. The molecule has 7 nitrogen and oxygen atoms in total. The van der Waals surface area contributed by atoms with E-state index >= 15 is 0 Å². The zero-order valence-corrected chi connectivity index (χ0v) is 15.4. The maximum absolute atomic E-state index is 12.8. The maximum Gasteiger partial charge on any atom is 0.241 e. The van der Waals surface area contributed by atoms with E-state index in [1.165, 1.54) is 23.3 Å². The second-order valence-electron chi connectivity index (χ2n) is 6.29. The molecule has 1 N–H and O–H groups in total. The van der Waals surface area contributed by atoms with Gasteiger partial charge in [-0.15, -0.1) is 10.2 Å². The van der Waals surface area contributed by atoms with Crippen LogP contribution in [0.5, 0.6) is 0 Å². The zero-order valence-electron chi connectivity index (χ0n) is 14.6. The van der Waals surface area contributed by atoms with Crippen molar-refractivity contribution < 1.29 is 9.59 Å². The van der Waals surface area contributed by atoms with Crippen LogP contribution in [0.3, 0.4) is 0 Å². The van der Waals surface area contributed by atoms with Gasteiger partial charge >= 0.3 is 0 Å². The summed E-state index contributed by atoms with van der Waals surface area (Å²) in [6, 6.07) is 14.7. The predicted molar refractivity (Wildman–Crippen MR) is 102 cm³/mol. The third-order valence-corrected chi connectivity index (χ3v) is 5.71. The second kappa shape index (κ2) is 6.96. The van der Waals surface area contributed by atoms with E-state index in [0.29, 0.717) is 16.7 Å². The molecule has 1 aromatic carbocycles. The van der Waals surface area contributed by atoms with Crippen molar-refractivity contribution in [1.29, 1.82) is 0 Å². The molecule has 27 heavy (non-hydrogen) atoms. The molecule has 1 fully saturated rings. The van der Waals surface area contributed by atoms with E-state index in [1.54, 1.807) is 18.3 Å². The van der Waals surface area contributed by atoms with Gasteiger partial charge in [0.25, 0.3) is 0 Å². The number of para-hydroxylation sites is 1. The summed E-state index contributed by atoms with van der Waals surface area (Å²) in [6.45, 7) is 1.45. The number of hydrogen-bond acceptors (Lipinski definition) is 6. The summed E-state index contributed by atoms with van der Waals surface area (Å²) >= 11 is 1.28. The molecule has 1 amide bonds. The molecule has 0 spiro atoms. The van der Waals surface area contributed by atoms with E-state index in [9.17, 15) is 9.59 Å². The third-order valence-electron chi connectivity index (χ3n) is 4.28. The van der Waals surface area contributed by atoms with Crippen LogP contribution in [0, 0.1) is 0 Å². The van der Waals surface area contributed by atoms with Gasteiger partial charge in [0.05, 0.1) is 0 Å². The van der Waals surface area contributed by atoms with Crippen molar-refractivity contribution in [3.63, 3.8) is 0 Å². The molecule has 1 aliphatic carbocycles. The summed E-state index contributed by atoms with van der Waals surface area (Å²) in [6.07, 6.45) is 3.08. The first-order valence-corrected chi connectivity index (χ1v) is 9.34. The van der Waals surface area contributed by atoms with Crippen molar-refractivity contribution in [1.82, 2.24) is 19.7 Å². The van der Waals surface area contributed by atoms with Gasteiger partial charge in [0.2, 0.25) is 11.8 Å². The fraction of sp³-hybridized carbons (Fsp3) is 0.211. The number of benzene rings is 1. The molecule has 0 bridgehead atoms. The van der Waals surface area contributed by atoms with Gasteiger partial charge in [0.15, 0.2) is 11.0 Å². The van der Waals surface area contributed by atoms with Crippen molar-refractivity contribution in [2.45, 2.75) is 29.7 Å². The van der Waals surface area contributed by atoms with E-state index in [0.717, 1.165) is 18.5 Å². The summed E-state index contributed by atoms with van der Waals surface area (Å²) in [5, 5.41) is 11.6. The van der Waals surface area contributed by atoms with Gasteiger partial charge in [0.1, 0.15) is 10.4 Å². The molecule has 0 radical (unpaired) electrons. The van der Waals surface area contributed by atoms with Crippen LogP contribution in [0.15, 0.2) is 59.9 Å². The average Bonchev–Trinajstić information content (AvgIpc) is 3.34. The molecule has 0 saturated heterocycles. The molecule has 3 aromatic rings. The summed E-state index contributed by atoms with van der Waals surface area (Å²) in [4.78, 5) is 29.2.